The first-order chi connectivity index (χ1) is 12.5. The van der Waals surface area contributed by atoms with E-state index in [4.69, 9.17) is 11.6 Å². The highest BCUT2D eigenvalue weighted by atomic mass is 35.5. The lowest BCUT2D eigenvalue weighted by molar-refractivity contribution is -0.133. The molecule has 1 aliphatic rings. The Balaban J connectivity index is 1.68. The lowest BCUT2D eigenvalue weighted by Gasteiger charge is -2.27. The normalized spacial score (nSPS) is 17.4. The molecule has 1 N–H and O–H groups in total. The number of likely N-dealkylation sites (tertiary alicyclic amines) is 1. The van der Waals surface area contributed by atoms with Crippen molar-refractivity contribution in [1.29, 1.82) is 0 Å². The Labute approximate surface area is 162 Å². The van der Waals surface area contributed by atoms with Crippen molar-refractivity contribution in [3.05, 3.63) is 34.6 Å². The molecule has 0 spiro atoms. The van der Waals surface area contributed by atoms with Crippen molar-refractivity contribution in [2.24, 2.45) is 5.92 Å². The van der Waals surface area contributed by atoms with Crippen molar-refractivity contribution in [2.45, 2.75) is 64.8 Å². The van der Waals surface area contributed by atoms with Gasteiger partial charge in [-0.2, -0.15) is 0 Å². The van der Waals surface area contributed by atoms with Crippen LogP contribution in [0.25, 0.3) is 0 Å². The molecule has 26 heavy (non-hydrogen) atoms. The Morgan fingerprint density at radius 1 is 1.31 bits per heavy atom. The van der Waals surface area contributed by atoms with Crippen LogP contribution in [0.3, 0.4) is 0 Å². The van der Waals surface area contributed by atoms with Crippen molar-refractivity contribution in [1.82, 2.24) is 10.2 Å². The van der Waals surface area contributed by atoms with E-state index in [1.165, 1.54) is 6.07 Å². The molecule has 0 aliphatic carbocycles. The fourth-order valence-corrected chi connectivity index (χ4v) is 3.95. The number of carbonyl (C=O) groups excluding carboxylic acids is 1. The van der Waals surface area contributed by atoms with E-state index in [-0.39, 0.29) is 10.8 Å². The average molecular weight is 383 g/mol. The van der Waals surface area contributed by atoms with Crippen molar-refractivity contribution >= 4 is 17.5 Å². The van der Waals surface area contributed by atoms with Gasteiger partial charge in [-0.1, -0.05) is 31.5 Å². The first-order valence-corrected chi connectivity index (χ1v) is 10.3. The third-order valence-electron chi connectivity index (χ3n) is 5.35. The number of benzene rings is 1. The Bertz CT molecular complexity index is 581. The zero-order valence-electron chi connectivity index (χ0n) is 16.1. The van der Waals surface area contributed by atoms with Crippen LogP contribution in [0.2, 0.25) is 5.02 Å². The molecule has 2 atom stereocenters. The molecule has 0 radical (unpaired) electrons. The smallest absolute Gasteiger partial charge is 0.222 e. The standard InChI is InChI=1S/C21H32ClFN2O/c1-3-20(16(2)14-17-9-10-19(23)18(22)15-17)24-11-5-7-13-25-12-6-4-8-21(25)26/h9-10,15-16,20,24H,3-8,11-14H2,1-2H3. The van der Waals surface area contributed by atoms with E-state index in [1.54, 1.807) is 6.07 Å². The lowest BCUT2D eigenvalue weighted by atomic mass is 9.92. The summed E-state index contributed by atoms with van der Waals surface area (Å²) in [4.78, 5) is 13.8. The number of hydrogen-bond acceptors (Lipinski definition) is 2. The summed E-state index contributed by atoms with van der Waals surface area (Å²) >= 11 is 5.88. The molecule has 2 rings (SSSR count). The summed E-state index contributed by atoms with van der Waals surface area (Å²) in [6.07, 6.45) is 6.99. The summed E-state index contributed by atoms with van der Waals surface area (Å²) in [5.41, 5.74) is 1.08. The number of piperidine rings is 1. The molecule has 1 aliphatic heterocycles. The van der Waals surface area contributed by atoms with Gasteiger partial charge in [0.2, 0.25) is 5.91 Å². The highest BCUT2D eigenvalue weighted by Crippen LogP contribution is 2.20. The van der Waals surface area contributed by atoms with Crippen LogP contribution in [0.4, 0.5) is 4.39 Å². The average Bonchev–Trinajstić information content (AvgIpc) is 2.62. The maximum Gasteiger partial charge on any atom is 0.222 e. The molecule has 146 valence electrons. The Morgan fingerprint density at radius 3 is 2.81 bits per heavy atom. The van der Waals surface area contributed by atoms with Gasteiger partial charge >= 0.3 is 0 Å². The van der Waals surface area contributed by atoms with Crippen LogP contribution < -0.4 is 5.32 Å². The molecule has 2 unspecified atom stereocenters. The molecule has 1 aromatic rings. The predicted octanol–water partition coefficient (Wildman–Crippen LogP) is 4.82. The van der Waals surface area contributed by atoms with Crippen molar-refractivity contribution < 1.29 is 9.18 Å². The Morgan fingerprint density at radius 2 is 2.12 bits per heavy atom. The number of carbonyl (C=O) groups is 1. The maximum absolute atomic E-state index is 13.3. The maximum atomic E-state index is 13.3. The molecule has 1 aromatic carbocycles. The van der Waals surface area contributed by atoms with E-state index in [1.807, 2.05) is 11.0 Å². The minimum absolute atomic E-state index is 0.197. The molecule has 1 amide bonds. The SMILES string of the molecule is CCC(NCCCCN1CCCCC1=O)C(C)Cc1ccc(F)c(Cl)c1. The number of hydrogen-bond donors (Lipinski definition) is 1. The van der Waals surface area contributed by atoms with Crippen LogP contribution in [-0.4, -0.2) is 36.5 Å². The molecule has 5 heteroatoms. The number of rotatable bonds is 10. The number of nitrogens with zero attached hydrogens (tertiary/aromatic N) is 1. The van der Waals surface area contributed by atoms with E-state index in [2.05, 4.69) is 19.2 Å². The van der Waals surface area contributed by atoms with Crippen LogP contribution in [0.5, 0.6) is 0 Å². The quantitative estimate of drug-likeness (QED) is 0.588. The highest BCUT2D eigenvalue weighted by Gasteiger charge is 2.18. The number of nitrogens with one attached hydrogen (secondary N) is 1. The van der Waals surface area contributed by atoms with Gasteiger partial charge in [-0.25, -0.2) is 4.39 Å². The topological polar surface area (TPSA) is 32.3 Å². The van der Waals surface area contributed by atoms with Crippen LogP contribution in [0.15, 0.2) is 18.2 Å². The van der Waals surface area contributed by atoms with Crippen LogP contribution >= 0.6 is 11.6 Å². The Kier molecular flexibility index (Phi) is 8.86. The second-order valence-corrected chi connectivity index (χ2v) is 7.85. The second kappa shape index (κ2) is 10.9. The molecular formula is C21H32ClFN2O. The first-order valence-electron chi connectivity index (χ1n) is 9.96. The van der Waals surface area contributed by atoms with Crippen LogP contribution in [-0.2, 0) is 11.2 Å². The molecule has 0 saturated carbocycles. The van der Waals surface area contributed by atoms with Crippen molar-refractivity contribution in [2.75, 3.05) is 19.6 Å². The molecule has 1 saturated heterocycles. The summed E-state index contributed by atoms with van der Waals surface area (Å²) < 4.78 is 13.3. The molecule has 3 nitrogen and oxygen atoms in total. The summed E-state index contributed by atoms with van der Waals surface area (Å²) in [5, 5.41) is 3.85. The van der Waals surface area contributed by atoms with Gasteiger partial charge in [0, 0.05) is 25.6 Å². The number of halogens is 2. The summed E-state index contributed by atoms with van der Waals surface area (Å²) in [5.74, 6) is 0.410. The van der Waals surface area contributed by atoms with Crippen molar-refractivity contribution in [3.63, 3.8) is 0 Å². The predicted molar refractivity (Wildman–Crippen MR) is 106 cm³/mol. The monoisotopic (exact) mass is 382 g/mol. The van der Waals surface area contributed by atoms with E-state index in [9.17, 15) is 9.18 Å². The van der Waals surface area contributed by atoms with Gasteiger partial charge in [0.1, 0.15) is 5.82 Å². The van der Waals surface area contributed by atoms with E-state index < -0.39 is 0 Å². The number of amides is 1. The highest BCUT2D eigenvalue weighted by molar-refractivity contribution is 6.30. The van der Waals surface area contributed by atoms with Crippen molar-refractivity contribution in [3.8, 4) is 0 Å². The van der Waals surface area contributed by atoms with Gasteiger partial charge < -0.3 is 10.2 Å². The summed E-state index contributed by atoms with van der Waals surface area (Å²) in [6.45, 7) is 7.21. The third kappa shape index (κ3) is 6.55. The van der Waals surface area contributed by atoms with Gasteiger partial charge in [0.25, 0.3) is 0 Å². The Hall–Kier alpha value is -1.13. The fraction of sp³-hybridized carbons (Fsp3) is 0.667. The molecule has 1 fully saturated rings. The van der Waals surface area contributed by atoms with E-state index in [0.717, 1.165) is 70.1 Å². The third-order valence-corrected chi connectivity index (χ3v) is 5.64. The van der Waals surface area contributed by atoms with Gasteiger partial charge in [-0.05, 0) is 68.7 Å². The number of unbranched alkanes of at least 4 members (excludes halogenated alkanes) is 1. The minimum Gasteiger partial charge on any atom is -0.343 e. The fourth-order valence-electron chi connectivity index (χ4n) is 3.74. The van der Waals surface area contributed by atoms with Gasteiger partial charge in [-0.3, -0.25) is 4.79 Å². The zero-order chi connectivity index (χ0) is 18.9. The van der Waals surface area contributed by atoms with E-state index in [0.29, 0.717) is 17.9 Å². The zero-order valence-corrected chi connectivity index (χ0v) is 16.8. The van der Waals surface area contributed by atoms with Gasteiger partial charge in [0.15, 0.2) is 0 Å². The van der Waals surface area contributed by atoms with Crippen LogP contribution in [0, 0.1) is 11.7 Å². The van der Waals surface area contributed by atoms with Gasteiger partial charge in [-0.15, -0.1) is 0 Å². The van der Waals surface area contributed by atoms with E-state index >= 15 is 0 Å². The minimum atomic E-state index is -0.361. The largest absolute Gasteiger partial charge is 0.343 e. The second-order valence-electron chi connectivity index (χ2n) is 7.44. The molecule has 1 heterocycles. The molecule has 0 bridgehead atoms. The van der Waals surface area contributed by atoms with Gasteiger partial charge in [0.05, 0.1) is 5.02 Å². The first kappa shape index (κ1) is 21.2. The summed E-state index contributed by atoms with van der Waals surface area (Å²) in [7, 11) is 0. The summed E-state index contributed by atoms with van der Waals surface area (Å²) in [6, 6.07) is 5.42. The molecular weight excluding hydrogens is 351 g/mol. The van der Waals surface area contributed by atoms with Crippen LogP contribution in [0.1, 0.15) is 57.9 Å². The lowest BCUT2D eigenvalue weighted by Crippen LogP contribution is -2.37. The molecule has 0 aromatic heterocycles.